The van der Waals surface area contributed by atoms with Crippen LogP contribution in [0, 0.1) is 0 Å². The van der Waals surface area contributed by atoms with Gasteiger partial charge in [-0.15, -0.1) is 11.3 Å². The number of morpholine rings is 1. The minimum absolute atomic E-state index is 0.00551. The molecule has 2 N–H and O–H groups in total. The number of amides is 1. The Morgan fingerprint density at radius 2 is 2.53 bits per heavy atom. The summed E-state index contributed by atoms with van der Waals surface area (Å²) in [5.74, 6) is -0.00551. The number of halogens is 1. The molecule has 0 aromatic carbocycles. The van der Waals surface area contributed by atoms with E-state index in [0.717, 1.165) is 9.47 Å². The van der Waals surface area contributed by atoms with E-state index in [-0.39, 0.29) is 18.6 Å². The van der Waals surface area contributed by atoms with E-state index in [4.69, 9.17) is 10.5 Å². The summed E-state index contributed by atoms with van der Waals surface area (Å²) in [4.78, 5) is 13.3. The first kappa shape index (κ1) is 11.1. The molecule has 1 fully saturated rings. The molecule has 0 spiro atoms. The summed E-state index contributed by atoms with van der Waals surface area (Å²) >= 11 is 4.90. The van der Waals surface area contributed by atoms with E-state index >= 15 is 0 Å². The Morgan fingerprint density at radius 1 is 1.73 bits per heavy atom. The standard InChI is InChI=1S/C9H11BrN2O2S/c10-6-1-9(15-5-6)12-3-7(2-11)14-4-8(12)13/h1,5,7H,2-4,11H2. The first-order valence-electron chi connectivity index (χ1n) is 4.57. The second kappa shape index (κ2) is 4.61. The zero-order chi connectivity index (χ0) is 10.8. The van der Waals surface area contributed by atoms with Crippen molar-refractivity contribution in [3.63, 3.8) is 0 Å². The van der Waals surface area contributed by atoms with E-state index in [1.165, 1.54) is 11.3 Å². The highest BCUT2D eigenvalue weighted by Gasteiger charge is 2.27. The highest BCUT2D eigenvalue weighted by molar-refractivity contribution is 9.10. The van der Waals surface area contributed by atoms with Crippen molar-refractivity contribution in [3.05, 3.63) is 15.9 Å². The van der Waals surface area contributed by atoms with Gasteiger partial charge in [0, 0.05) is 16.4 Å². The van der Waals surface area contributed by atoms with Gasteiger partial charge in [-0.25, -0.2) is 0 Å². The topological polar surface area (TPSA) is 55.6 Å². The van der Waals surface area contributed by atoms with Gasteiger partial charge in [-0.2, -0.15) is 0 Å². The summed E-state index contributed by atoms with van der Waals surface area (Å²) < 4.78 is 6.27. The predicted octanol–water partition coefficient (Wildman–Crippen LogP) is 1.20. The smallest absolute Gasteiger partial charge is 0.253 e. The Hall–Kier alpha value is -0.430. The normalized spacial score (nSPS) is 22.1. The second-order valence-electron chi connectivity index (χ2n) is 3.28. The number of ether oxygens (including phenoxy) is 1. The molecule has 0 radical (unpaired) electrons. The molecule has 4 nitrogen and oxygen atoms in total. The van der Waals surface area contributed by atoms with Crippen molar-refractivity contribution in [1.29, 1.82) is 0 Å². The van der Waals surface area contributed by atoms with Crippen LogP contribution in [-0.4, -0.2) is 31.7 Å². The molecular weight excluding hydrogens is 280 g/mol. The lowest BCUT2D eigenvalue weighted by molar-refractivity contribution is -0.128. The van der Waals surface area contributed by atoms with Crippen molar-refractivity contribution in [1.82, 2.24) is 0 Å². The van der Waals surface area contributed by atoms with Crippen molar-refractivity contribution in [2.24, 2.45) is 5.73 Å². The predicted molar refractivity (Wildman–Crippen MR) is 63.2 cm³/mol. The largest absolute Gasteiger partial charge is 0.365 e. The van der Waals surface area contributed by atoms with Crippen molar-refractivity contribution in [2.75, 3.05) is 24.6 Å². The Morgan fingerprint density at radius 3 is 3.13 bits per heavy atom. The van der Waals surface area contributed by atoms with Crippen LogP contribution < -0.4 is 10.6 Å². The van der Waals surface area contributed by atoms with Gasteiger partial charge in [0.25, 0.3) is 5.91 Å². The van der Waals surface area contributed by atoms with Gasteiger partial charge in [-0.3, -0.25) is 9.69 Å². The molecule has 0 saturated carbocycles. The van der Waals surface area contributed by atoms with Gasteiger partial charge >= 0.3 is 0 Å². The number of hydrogen-bond acceptors (Lipinski definition) is 4. The van der Waals surface area contributed by atoms with Crippen LogP contribution in [0.15, 0.2) is 15.9 Å². The van der Waals surface area contributed by atoms with Gasteiger partial charge in [0.1, 0.15) is 6.61 Å². The number of nitrogens with zero attached hydrogens (tertiary/aromatic N) is 1. The highest BCUT2D eigenvalue weighted by Crippen LogP contribution is 2.29. The fourth-order valence-corrected chi connectivity index (χ4v) is 2.87. The summed E-state index contributed by atoms with van der Waals surface area (Å²) in [6.07, 6.45) is -0.0522. The van der Waals surface area contributed by atoms with Gasteiger partial charge < -0.3 is 10.5 Å². The quantitative estimate of drug-likeness (QED) is 0.891. The van der Waals surface area contributed by atoms with E-state index in [1.807, 2.05) is 11.4 Å². The van der Waals surface area contributed by atoms with Crippen LogP contribution >= 0.6 is 27.3 Å². The first-order valence-corrected chi connectivity index (χ1v) is 6.24. The maximum atomic E-state index is 11.6. The molecule has 0 aliphatic carbocycles. The summed E-state index contributed by atoms with van der Waals surface area (Å²) in [6.45, 7) is 1.11. The van der Waals surface area contributed by atoms with E-state index in [9.17, 15) is 4.79 Å². The molecule has 1 amide bonds. The maximum Gasteiger partial charge on any atom is 0.253 e. The molecule has 2 rings (SSSR count). The molecule has 1 atom stereocenters. The van der Waals surface area contributed by atoms with Crippen molar-refractivity contribution in [3.8, 4) is 0 Å². The molecule has 6 heteroatoms. The Kier molecular flexibility index (Phi) is 3.40. The second-order valence-corrected chi connectivity index (χ2v) is 5.08. The molecule has 15 heavy (non-hydrogen) atoms. The minimum Gasteiger partial charge on any atom is -0.365 e. The highest BCUT2D eigenvalue weighted by atomic mass is 79.9. The molecular formula is C9H11BrN2O2S. The van der Waals surface area contributed by atoms with Crippen molar-refractivity contribution >= 4 is 38.2 Å². The lowest BCUT2D eigenvalue weighted by Gasteiger charge is -2.31. The van der Waals surface area contributed by atoms with E-state index in [1.54, 1.807) is 4.90 Å². The fraction of sp³-hybridized carbons (Fsp3) is 0.444. The Labute approximate surface area is 100 Å². The van der Waals surface area contributed by atoms with Crippen LogP contribution in [0.4, 0.5) is 5.00 Å². The number of carbonyl (C=O) groups excluding carboxylic acids is 1. The van der Waals surface area contributed by atoms with E-state index in [0.29, 0.717) is 13.1 Å². The average Bonchev–Trinajstić information content (AvgIpc) is 2.65. The van der Waals surface area contributed by atoms with Crippen LogP contribution in [-0.2, 0) is 9.53 Å². The Balaban J connectivity index is 2.15. The molecule has 1 saturated heterocycles. The molecule has 1 aliphatic heterocycles. The van der Waals surface area contributed by atoms with Crippen LogP contribution in [0.5, 0.6) is 0 Å². The van der Waals surface area contributed by atoms with Gasteiger partial charge in [-0.1, -0.05) is 0 Å². The van der Waals surface area contributed by atoms with Gasteiger partial charge in [0.15, 0.2) is 0 Å². The van der Waals surface area contributed by atoms with Crippen LogP contribution in [0.1, 0.15) is 0 Å². The lowest BCUT2D eigenvalue weighted by Crippen LogP contribution is -2.49. The molecule has 0 bridgehead atoms. The zero-order valence-electron chi connectivity index (χ0n) is 7.98. The first-order chi connectivity index (χ1) is 7.20. The van der Waals surface area contributed by atoms with E-state index < -0.39 is 0 Å². The number of nitrogens with two attached hydrogens (primary N) is 1. The maximum absolute atomic E-state index is 11.6. The summed E-state index contributed by atoms with van der Waals surface area (Å²) in [6, 6.07) is 1.93. The molecule has 1 aliphatic rings. The van der Waals surface area contributed by atoms with Crippen LogP contribution in [0.2, 0.25) is 0 Å². The molecule has 1 unspecified atom stereocenters. The summed E-state index contributed by atoms with van der Waals surface area (Å²) in [7, 11) is 0. The number of hydrogen-bond donors (Lipinski definition) is 1. The van der Waals surface area contributed by atoms with Crippen LogP contribution in [0.25, 0.3) is 0 Å². The van der Waals surface area contributed by atoms with Gasteiger partial charge in [0.05, 0.1) is 17.6 Å². The third-order valence-corrected chi connectivity index (χ3v) is 3.92. The van der Waals surface area contributed by atoms with Crippen LogP contribution in [0.3, 0.4) is 0 Å². The third kappa shape index (κ3) is 2.39. The average molecular weight is 291 g/mol. The number of anilines is 1. The summed E-state index contributed by atoms with van der Waals surface area (Å²) in [5, 5.41) is 2.89. The molecule has 1 aromatic rings. The Bertz CT molecular complexity index is 369. The fourth-order valence-electron chi connectivity index (χ4n) is 1.42. The van der Waals surface area contributed by atoms with Crippen molar-refractivity contribution in [2.45, 2.75) is 6.10 Å². The molecule has 2 heterocycles. The minimum atomic E-state index is -0.0522. The number of rotatable bonds is 2. The van der Waals surface area contributed by atoms with Crippen molar-refractivity contribution < 1.29 is 9.53 Å². The SMILES string of the molecule is NCC1CN(c2cc(Br)cs2)C(=O)CO1. The number of thiophene rings is 1. The molecule has 1 aromatic heterocycles. The number of carbonyl (C=O) groups is 1. The lowest BCUT2D eigenvalue weighted by atomic mass is 10.3. The monoisotopic (exact) mass is 290 g/mol. The summed E-state index contributed by atoms with van der Waals surface area (Å²) in [5.41, 5.74) is 5.53. The van der Waals surface area contributed by atoms with E-state index in [2.05, 4.69) is 15.9 Å². The molecule has 82 valence electrons. The zero-order valence-corrected chi connectivity index (χ0v) is 10.4. The third-order valence-electron chi connectivity index (χ3n) is 2.21. The van der Waals surface area contributed by atoms with Gasteiger partial charge in [0.2, 0.25) is 0 Å². The van der Waals surface area contributed by atoms with Gasteiger partial charge in [-0.05, 0) is 22.0 Å².